The van der Waals surface area contributed by atoms with Gasteiger partial charge in [0.25, 0.3) is 0 Å². The Bertz CT molecular complexity index is 349. The molecular formula is C10H16O2S. The minimum Gasteiger partial charge on any atom is -0.224 e. The van der Waals surface area contributed by atoms with Crippen molar-refractivity contribution in [3.8, 4) is 0 Å². The van der Waals surface area contributed by atoms with Crippen molar-refractivity contribution >= 4 is 9.84 Å². The van der Waals surface area contributed by atoms with Crippen molar-refractivity contribution < 1.29 is 8.42 Å². The van der Waals surface area contributed by atoms with Crippen molar-refractivity contribution in [2.24, 2.45) is 11.3 Å². The second-order valence-corrected chi connectivity index (χ2v) is 6.81. The van der Waals surface area contributed by atoms with E-state index in [1.165, 1.54) is 11.0 Å². The van der Waals surface area contributed by atoms with Crippen LogP contribution in [0, 0.1) is 11.3 Å². The van der Waals surface area contributed by atoms with Crippen LogP contribution in [0.1, 0.15) is 33.1 Å². The molecule has 2 rings (SSSR count). The van der Waals surface area contributed by atoms with E-state index in [1.54, 1.807) is 0 Å². The molecule has 0 bridgehead atoms. The Morgan fingerprint density at radius 2 is 2.15 bits per heavy atom. The van der Waals surface area contributed by atoms with Crippen LogP contribution in [0.15, 0.2) is 11.0 Å². The number of allylic oxidation sites excluding steroid dienone is 1. The monoisotopic (exact) mass is 200 g/mol. The SMILES string of the molecule is CC1(C)CCCC2=CS(=O)(=O)CC21. The standard InChI is InChI=1S/C10H16O2S/c1-10(2)5-3-4-8-6-13(11,12)7-9(8)10/h6,9H,3-5,7H2,1-2H3. The molecule has 0 amide bonds. The van der Waals surface area contributed by atoms with Gasteiger partial charge < -0.3 is 0 Å². The van der Waals surface area contributed by atoms with Crippen LogP contribution in [0.3, 0.4) is 0 Å². The lowest BCUT2D eigenvalue weighted by atomic mass is 9.68. The zero-order valence-corrected chi connectivity index (χ0v) is 9.02. The van der Waals surface area contributed by atoms with E-state index >= 15 is 0 Å². The average Bonchev–Trinajstić information content (AvgIpc) is 2.25. The Labute approximate surface area is 79.9 Å². The normalized spacial score (nSPS) is 35.2. The maximum atomic E-state index is 11.4. The van der Waals surface area contributed by atoms with E-state index in [4.69, 9.17) is 0 Å². The van der Waals surface area contributed by atoms with E-state index in [1.807, 2.05) is 0 Å². The molecular weight excluding hydrogens is 184 g/mol. The largest absolute Gasteiger partial charge is 0.224 e. The Balaban J connectivity index is 2.38. The molecule has 3 heteroatoms. The number of fused-ring (bicyclic) bond motifs is 1. The maximum Gasteiger partial charge on any atom is 0.172 e. The van der Waals surface area contributed by atoms with Gasteiger partial charge in [0.15, 0.2) is 9.84 Å². The highest BCUT2D eigenvalue weighted by Crippen LogP contribution is 2.47. The minimum atomic E-state index is -2.86. The fourth-order valence-electron chi connectivity index (χ4n) is 2.58. The van der Waals surface area contributed by atoms with Gasteiger partial charge in [-0.2, -0.15) is 0 Å². The molecule has 1 atom stereocenters. The molecule has 2 aliphatic rings. The molecule has 1 saturated carbocycles. The topological polar surface area (TPSA) is 34.1 Å². The van der Waals surface area contributed by atoms with Gasteiger partial charge in [-0.15, -0.1) is 0 Å². The highest BCUT2D eigenvalue weighted by atomic mass is 32.2. The van der Waals surface area contributed by atoms with Gasteiger partial charge in [0, 0.05) is 11.3 Å². The van der Waals surface area contributed by atoms with E-state index in [0.29, 0.717) is 11.7 Å². The number of sulfone groups is 1. The Morgan fingerprint density at radius 3 is 2.77 bits per heavy atom. The molecule has 0 aromatic heterocycles. The molecule has 0 N–H and O–H groups in total. The Hall–Kier alpha value is -0.310. The summed E-state index contributed by atoms with van der Waals surface area (Å²) in [5.41, 5.74) is 1.37. The number of hydrogen-bond acceptors (Lipinski definition) is 2. The lowest BCUT2D eigenvalue weighted by Crippen LogP contribution is -2.30. The molecule has 1 aliphatic carbocycles. The summed E-state index contributed by atoms with van der Waals surface area (Å²) in [6.45, 7) is 4.37. The van der Waals surface area contributed by atoms with Gasteiger partial charge in [0.2, 0.25) is 0 Å². The predicted molar refractivity (Wildman–Crippen MR) is 53.0 cm³/mol. The summed E-state index contributed by atoms with van der Waals surface area (Å²) < 4.78 is 22.8. The zero-order valence-electron chi connectivity index (χ0n) is 8.21. The van der Waals surface area contributed by atoms with Crippen molar-refractivity contribution in [2.45, 2.75) is 33.1 Å². The van der Waals surface area contributed by atoms with E-state index in [-0.39, 0.29) is 5.41 Å². The van der Waals surface area contributed by atoms with Crippen LogP contribution in [0.4, 0.5) is 0 Å². The average molecular weight is 200 g/mol. The molecule has 1 heterocycles. The first-order valence-corrected chi connectivity index (χ1v) is 6.55. The lowest BCUT2D eigenvalue weighted by molar-refractivity contribution is 0.210. The van der Waals surface area contributed by atoms with Crippen molar-refractivity contribution in [2.75, 3.05) is 5.75 Å². The van der Waals surface area contributed by atoms with Crippen LogP contribution in [-0.4, -0.2) is 14.2 Å². The molecule has 0 saturated heterocycles. The fourth-order valence-corrected chi connectivity index (χ4v) is 4.55. The molecule has 74 valence electrons. The Morgan fingerprint density at radius 1 is 1.46 bits per heavy atom. The van der Waals surface area contributed by atoms with Crippen LogP contribution in [0.2, 0.25) is 0 Å². The second kappa shape index (κ2) is 2.59. The highest BCUT2D eigenvalue weighted by Gasteiger charge is 2.41. The third-order valence-corrected chi connectivity index (χ3v) is 4.87. The van der Waals surface area contributed by atoms with Gasteiger partial charge >= 0.3 is 0 Å². The molecule has 0 radical (unpaired) electrons. The Kier molecular flexibility index (Phi) is 1.85. The molecule has 0 aromatic carbocycles. The van der Waals surface area contributed by atoms with E-state index in [0.717, 1.165) is 19.3 Å². The van der Waals surface area contributed by atoms with Gasteiger partial charge in [-0.3, -0.25) is 0 Å². The second-order valence-electron chi connectivity index (χ2n) is 4.92. The summed E-state index contributed by atoms with van der Waals surface area (Å²) in [6, 6.07) is 0. The van der Waals surface area contributed by atoms with Crippen LogP contribution < -0.4 is 0 Å². The number of rotatable bonds is 0. The summed E-state index contributed by atoms with van der Waals surface area (Å²) in [6.07, 6.45) is 3.29. The van der Waals surface area contributed by atoms with Crippen molar-refractivity contribution in [3.05, 3.63) is 11.0 Å². The summed E-state index contributed by atoms with van der Waals surface area (Å²) in [5, 5.41) is 1.53. The van der Waals surface area contributed by atoms with Crippen LogP contribution >= 0.6 is 0 Å². The van der Waals surface area contributed by atoms with Crippen molar-refractivity contribution in [1.82, 2.24) is 0 Å². The summed E-state index contributed by atoms with van der Waals surface area (Å²) in [7, 11) is -2.86. The molecule has 2 nitrogen and oxygen atoms in total. The van der Waals surface area contributed by atoms with Gasteiger partial charge in [-0.1, -0.05) is 19.4 Å². The van der Waals surface area contributed by atoms with Crippen LogP contribution in [0.25, 0.3) is 0 Å². The predicted octanol–water partition coefficient (Wildman–Crippen LogP) is 2.12. The van der Waals surface area contributed by atoms with Crippen LogP contribution in [-0.2, 0) is 9.84 Å². The first kappa shape index (κ1) is 9.25. The fraction of sp³-hybridized carbons (Fsp3) is 0.800. The first-order valence-electron chi connectivity index (χ1n) is 4.84. The smallest absolute Gasteiger partial charge is 0.172 e. The van der Waals surface area contributed by atoms with Gasteiger partial charge in [0.1, 0.15) is 0 Å². The maximum absolute atomic E-state index is 11.4. The van der Waals surface area contributed by atoms with E-state index in [2.05, 4.69) is 13.8 Å². The highest BCUT2D eigenvalue weighted by molar-refractivity contribution is 7.94. The minimum absolute atomic E-state index is 0.188. The third-order valence-electron chi connectivity index (χ3n) is 3.41. The summed E-state index contributed by atoms with van der Waals surface area (Å²) in [4.78, 5) is 0. The van der Waals surface area contributed by atoms with Gasteiger partial charge in [0.05, 0.1) is 5.75 Å². The first-order chi connectivity index (χ1) is 5.91. The number of hydrogen-bond donors (Lipinski definition) is 0. The van der Waals surface area contributed by atoms with Gasteiger partial charge in [-0.05, 0) is 24.7 Å². The molecule has 1 unspecified atom stereocenters. The quantitative estimate of drug-likeness (QED) is 0.600. The lowest BCUT2D eigenvalue weighted by Gasteiger charge is -2.37. The zero-order chi connectivity index (χ0) is 9.69. The molecule has 0 aromatic rings. The third kappa shape index (κ3) is 1.54. The molecule has 1 fully saturated rings. The van der Waals surface area contributed by atoms with E-state index in [9.17, 15) is 8.42 Å². The van der Waals surface area contributed by atoms with Gasteiger partial charge in [-0.25, -0.2) is 8.42 Å². The van der Waals surface area contributed by atoms with E-state index < -0.39 is 9.84 Å². The van der Waals surface area contributed by atoms with Crippen LogP contribution in [0.5, 0.6) is 0 Å². The molecule has 0 spiro atoms. The molecule has 13 heavy (non-hydrogen) atoms. The van der Waals surface area contributed by atoms with Crippen molar-refractivity contribution in [1.29, 1.82) is 0 Å². The summed E-state index contributed by atoms with van der Waals surface area (Å²) in [5.74, 6) is 0.654. The van der Waals surface area contributed by atoms with Crippen molar-refractivity contribution in [3.63, 3.8) is 0 Å². The molecule has 1 aliphatic heterocycles. The summed E-state index contributed by atoms with van der Waals surface area (Å²) >= 11 is 0.